The summed E-state index contributed by atoms with van der Waals surface area (Å²) in [6.07, 6.45) is 6.58. The fourth-order valence-electron chi connectivity index (χ4n) is 3.96. The number of hydrogen-bond donors (Lipinski definition) is 2. The predicted molar refractivity (Wildman–Crippen MR) is 124 cm³/mol. The average Bonchev–Trinajstić information content (AvgIpc) is 2.61. The Hall–Kier alpha value is -0.0800. The molecule has 2 aliphatic heterocycles. The summed E-state index contributed by atoms with van der Waals surface area (Å²) in [5.74, 6) is 1.63. The molecule has 0 aromatic carbocycles. The first-order valence-electron chi connectivity index (χ1n) is 10.6. The lowest BCUT2D eigenvalue weighted by Crippen LogP contribution is -2.50. The number of halogens is 1. The molecule has 0 aromatic heterocycles. The van der Waals surface area contributed by atoms with Crippen LogP contribution in [0.5, 0.6) is 0 Å². The van der Waals surface area contributed by atoms with Crippen LogP contribution in [0, 0.1) is 5.92 Å². The van der Waals surface area contributed by atoms with Gasteiger partial charge in [-0.3, -0.25) is 4.99 Å². The molecule has 6 heteroatoms. The highest BCUT2D eigenvalue weighted by atomic mass is 127. The van der Waals surface area contributed by atoms with Gasteiger partial charge in [-0.25, -0.2) is 0 Å². The number of aliphatic imine (C=N–C) groups is 1. The Morgan fingerprint density at radius 1 is 1.04 bits per heavy atom. The molecule has 2 saturated heterocycles. The van der Waals surface area contributed by atoms with E-state index in [1.54, 1.807) is 0 Å². The van der Waals surface area contributed by atoms with Crippen LogP contribution in [0.2, 0.25) is 0 Å². The molecule has 0 saturated carbocycles. The molecule has 0 spiro atoms. The smallest absolute Gasteiger partial charge is 0.191 e. The molecule has 26 heavy (non-hydrogen) atoms. The van der Waals surface area contributed by atoms with Crippen LogP contribution >= 0.6 is 24.0 Å². The Morgan fingerprint density at radius 3 is 2.27 bits per heavy atom. The van der Waals surface area contributed by atoms with Gasteiger partial charge in [0.05, 0.1) is 0 Å². The van der Waals surface area contributed by atoms with E-state index >= 15 is 0 Å². The summed E-state index contributed by atoms with van der Waals surface area (Å²) < 4.78 is 0. The zero-order valence-corrected chi connectivity index (χ0v) is 19.8. The Bertz CT molecular complexity index is 388. The monoisotopic (exact) mass is 479 g/mol. The van der Waals surface area contributed by atoms with E-state index in [1.807, 2.05) is 0 Å². The van der Waals surface area contributed by atoms with E-state index in [-0.39, 0.29) is 24.0 Å². The minimum absolute atomic E-state index is 0. The molecule has 0 bridgehead atoms. The molecular formula is C20H42IN5. The van der Waals surface area contributed by atoms with E-state index in [9.17, 15) is 0 Å². The van der Waals surface area contributed by atoms with Gasteiger partial charge >= 0.3 is 0 Å². The summed E-state index contributed by atoms with van der Waals surface area (Å²) in [6, 6.07) is 1.23. The SMILES string of the molecule is CCNC(=NCC(C)CN1CCCCC1)NC1CCN(C(C)C)CC1.I. The third kappa shape index (κ3) is 8.74. The first kappa shape index (κ1) is 24.0. The number of rotatable bonds is 7. The maximum Gasteiger partial charge on any atom is 0.191 e. The molecule has 0 aliphatic carbocycles. The zero-order chi connectivity index (χ0) is 18.1. The first-order valence-corrected chi connectivity index (χ1v) is 10.6. The van der Waals surface area contributed by atoms with Crippen molar-refractivity contribution in [2.24, 2.45) is 10.9 Å². The highest BCUT2D eigenvalue weighted by Crippen LogP contribution is 2.13. The highest BCUT2D eigenvalue weighted by Gasteiger charge is 2.21. The summed E-state index contributed by atoms with van der Waals surface area (Å²) in [4.78, 5) is 10.1. The highest BCUT2D eigenvalue weighted by molar-refractivity contribution is 14.0. The third-order valence-corrected chi connectivity index (χ3v) is 5.52. The van der Waals surface area contributed by atoms with Crippen molar-refractivity contribution in [1.82, 2.24) is 20.4 Å². The number of piperidine rings is 2. The quantitative estimate of drug-likeness (QED) is 0.335. The van der Waals surface area contributed by atoms with E-state index in [2.05, 4.69) is 48.1 Å². The second-order valence-corrected chi connectivity index (χ2v) is 8.23. The Balaban J connectivity index is 0.00000338. The number of likely N-dealkylation sites (tertiary alicyclic amines) is 2. The molecule has 2 N–H and O–H groups in total. The normalized spacial score (nSPS) is 22.1. The van der Waals surface area contributed by atoms with Gasteiger partial charge in [0.25, 0.3) is 0 Å². The van der Waals surface area contributed by atoms with E-state index in [4.69, 9.17) is 4.99 Å². The molecule has 2 fully saturated rings. The van der Waals surface area contributed by atoms with E-state index in [1.165, 1.54) is 64.8 Å². The molecule has 2 heterocycles. The molecule has 2 aliphatic rings. The van der Waals surface area contributed by atoms with E-state index in [0.717, 1.165) is 19.0 Å². The van der Waals surface area contributed by atoms with Crippen LogP contribution in [0.4, 0.5) is 0 Å². The standard InChI is InChI=1S/C20H41N5.HI/c1-5-21-20(23-19-9-13-25(14-10-19)17(2)3)22-15-18(4)16-24-11-7-6-8-12-24;/h17-19H,5-16H2,1-4H3,(H2,21,22,23);1H. The zero-order valence-electron chi connectivity index (χ0n) is 17.5. The minimum atomic E-state index is 0. The molecule has 1 atom stereocenters. The Morgan fingerprint density at radius 2 is 1.69 bits per heavy atom. The lowest BCUT2D eigenvalue weighted by Gasteiger charge is -2.35. The number of hydrogen-bond acceptors (Lipinski definition) is 3. The Kier molecular flexibility index (Phi) is 12.1. The van der Waals surface area contributed by atoms with E-state index < -0.39 is 0 Å². The second kappa shape index (κ2) is 13.2. The summed E-state index contributed by atoms with van der Waals surface area (Å²) in [7, 11) is 0. The summed E-state index contributed by atoms with van der Waals surface area (Å²) >= 11 is 0. The van der Waals surface area contributed by atoms with Crippen LogP contribution in [-0.4, -0.2) is 73.7 Å². The van der Waals surface area contributed by atoms with Crippen LogP contribution < -0.4 is 10.6 Å². The fourth-order valence-corrected chi connectivity index (χ4v) is 3.96. The van der Waals surface area contributed by atoms with Crippen LogP contribution in [0.3, 0.4) is 0 Å². The van der Waals surface area contributed by atoms with Gasteiger partial charge in [-0.1, -0.05) is 13.3 Å². The fraction of sp³-hybridized carbons (Fsp3) is 0.950. The van der Waals surface area contributed by atoms with Crippen molar-refractivity contribution < 1.29 is 0 Å². The summed E-state index contributed by atoms with van der Waals surface area (Å²) in [5, 5.41) is 7.11. The summed E-state index contributed by atoms with van der Waals surface area (Å²) in [6.45, 7) is 17.1. The van der Waals surface area contributed by atoms with Gasteiger partial charge in [-0.05, 0) is 65.5 Å². The maximum atomic E-state index is 4.88. The largest absolute Gasteiger partial charge is 0.357 e. The van der Waals surface area contributed by atoms with Crippen LogP contribution in [0.1, 0.15) is 59.8 Å². The van der Waals surface area contributed by atoms with Crippen LogP contribution in [-0.2, 0) is 0 Å². The predicted octanol–water partition coefficient (Wildman–Crippen LogP) is 3.15. The number of guanidine groups is 1. The van der Waals surface area contributed by atoms with Gasteiger partial charge in [0.1, 0.15) is 0 Å². The molecular weight excluding hydrogens is 437 g/mol. The molecule has 154 valence electrons. The molecule has 2 rings (SSSR count). The van der Waals surface area contributed by atoms with Crippen molar-refractivity contribution in [3.05, 3.63) is 0 Å². The maximum absolute atomic E-state index is 4.88. The molecule has 0 aromatic rings. The third-order valence-electron chi connectivity index (χ3n) is 5.52. The van der Waals surface area contributed by atoms with Crippen molar-refractivity contribution in [2.75, 3.05) is 45.8 Å². The first-order chi connectivity index (χ1) is 12.1. The van der Waals surface area contributed by atoms with Gasteiger partial charge in [0.2, 0.25) is 0 Å². The van der Waals surface area contributed by atoms with Crippen molar-refractivity contribution in [3.63, 3.8) is 0 Å². The summed E-state index contributed by atoms with van der Waals surface area (Å²) in [5.41, 5.74) is 0. The van der Waals surface area contributed by atoms with Gasteiger partial charge < -0.3 is 20.4 Å². The van der Waals surface area contributed by atoms with Crippen molar-refractivity contribution in [3.8, 4) is 0 Å². The lowest BCUT2D eigenvalue weighted by molar-refractivity contribution is 0.167. The van der Waals surface area contributed by atoms with Gasteiger partial charge in [-0.2, -0.15) is 0 Å². The Labute approximate surface area is 178 Å². The molecule has 0 radical (unpaired) electrons. The van der Waals surface area contributed by atoms with Crippen molar-refractivity contribution in [2.45, 2.75) is 71.9 Å². The molecule has 5 nitrogen and oxygen atoms in total. The van der Waals surface area contributed by atoms with E-state index in [0.29, 0.717) is 18.0 Å². The van der Waals surface area contributed by atoms with Crippen LogP contribution in [0.25, 0.3) is 0 Å². The van der Waals surface area contributed by atoms with Gasteiger partial charge in [0.15, 0.2) is 5.96 Å². The van der Waals surface area contributed by atoms with Crippen LogP contribution in [0.15, 0.2) is 4.99 Å². The minimum Gasteiger partial charge on any atom is -0.357 e. The lowest BCUT2D eigenvalue weighted by atomic mass is 10.0. The van der Waals surface area contributed by atoms with Crippen molar-refractivity contribution in [1.29, 1.82) is 0 Å². The second-order valence-electron chi connectivity index (χ2n) is 8.23. The molecule has 0 amide bonds. The van der Waals surface area contributed by atoms with Gasteiger partial charge in [0, 0.05) is 44.8 Å². The average molecular weight is 479 g/mol. The number of nitrogens with one attached hydrogen (secondary N) is 2. The topological polar surface area (TPSA) is 42.9 Å². The molecule has 1 unspecified atom stereocenters. The van der Waals surface area contributed by atoms with Gasteiger partial charge in [-0.15, -0.1) is 24.0 Å². The van der Waals surface area contributed by atoms with Crippen molar-refractivity contribution >= 4 is 29.9 Å². The number of nitrogens with zero attached hydrogens (tertiary/aromatic N) is 3.